The number of carbonyl (C=O) groups is 1. The highest BCUT2D eigenvalue weighted by Gasteiger charge is 2.33. The zero-order chi connectivity index (χ0) is 30.7. The van der Waals surface area contributed by atoms with Crippen molar-refractivity contribution in [3.63, 3.8) is 0 Å². The number of anilines is 5. The number of amides is 1. The average Bonchev–Trinajstić information content (AvgIpc) is 2.98. The van der Waals surface area contributed by atoms with Crippen LogP contribution in [0.3, 0.4) is 0 Å². The van der Waals surface area contributed by atoms with Crippen molar-refractivity contribution in [1.82, 2.24) is 15.5 Å². The van der Waals surface area contributed by atoms with Gasteiger partial charge in [-0.05, 0) is 76.6 Å². The van der Waals surface area contributed by atoms with E-state index < -0.39 is 11.7 Å². The molecule has 3 heterocycles. The number of rotatable bonds is 7. The molecule has 10 nitrogen and oxygen atoms in total. The van der Waals surface area contributed by atoms with Gasteiger partial charge in [-0.1, -0.05) is 23.2 Å². The number of hydrogen-bond acceptors (Lipinski definition) is 9. The van der Waals surface area contributed by atoms with Crippen LogP contribution in [0.1, 0.15) is 39.2 Å². The summed E-state index contributed by atoms with van der Waals surface area (Å²) in [5.41, 5.74) is 2.81. The summed E-state index contributed by atoms with van der Waals surface area (Å²) in [6.45, 7) is 8.87. The van der Waals surface area contributed by atoms with E-state index in [2.05, 4.69) is 36.7 Å². The highest BCUT2D eigenvalue weighted by atomic mass is 35.5. The minimum atomic E-state index is -0.650. The third kappa shape index (κ3) is 7.37. The Balaban J connectivity index is 1.43. The Kier molecular flexibility index (Phi) is 9.39. The van der Waals surface area contributed by atoms with Crippen LogP contribution in [0.15, 0.2) is 42.5 Å². The van der Waals surface area contributed by atoms with Crippen LogP contribution in [0, 0.1) is 0 Å². The zero-order valence-corrected chi connectivity index (χ0v) is 26.8. The molecular formula is C31H39Cl2N7O3. The number of benzene rings is 2. The Morgan fingerprint density at radius 1 is 1.02 bits per heavy atom. The number of hydrogen-bond donors (Lipinski definition) is 2. The first kappa shape index (κ1) is 31.0. The molecule has 3 aromatic rings. The first-order valence-corrected chi connectivity index (χ1v) is 15.2. The topological polar surface area (TPSA) is 95.1 Å². The van der Waals surface area contributed by atoms with Gasteiger partial charge in [-0.25, -0.2) is 4.79 Å². The van der Waals surface area contributed by atoms with Crippen molar-refractivity contribution < 1.29 is 14.3 Å². The molecule has 2 aliphatic heterocycles. The lowest BCUT2D eigenvalue weighted by molar-refractivity contribution is 0.0578. The summed E-state index contributed by atoms with van der Waals surface area (Å²) in [6, 6.07) is 14.0. The minimum Gasteiger partial charge on any atom is -0.494 e. The monoisotopic (exact) mass is 627 g/mol. The van der Waals surface area contributed by atoms with Crippen molar-refractivity contribution in [3.8, 4) is 5.75 Å². The Labute approximate surface area is 263 Å². The van der Waals surface area contributed by atoms with E-state index in [0.717, 1.165) is 42.9 Å². The van der Waals surface area contributed by atoms with Gasteiger partial charge in [-0.3, -0.25) is 4.90 Å². The Bertz CT molecular complexity index is 1460. The number of piperidine rings is 1. The van der Waals surface area contributed by atoms with Gasteiger partial charge >= 0.3 is 6.09 Å². The lowest BCUT2D eigenvalue weighted by Gasteiger charge is -2.37. The normalized spacial score (nSPS) is 15.7. The molecule has 0 aliphatic carbocycles. The maximum Gasteiger partial charge on any atom is 0.416 e. The number of halogens is 2. The van der Waals surface area contributed by atoms with E-state index in [1.54, 1.807) is 19.2 Å². The predicted molar refractivity (Wildman–Crippen MR) is 174 cm³/mol. The maximum absolute atomic E-state index is 13.1. The molecule has 1 aromatic heterocycles. The molecule has 0 unspecified atom stereocenters. The Hall–Kier alpha value is -3.47. The van der Waals surface area contributed by atoms with Gasteiger partial charge < -0.3 is 29.9 Å². The first-order valence-electron chi connectivity index (χ1n) is 14.5. The molecular weight excluding hydrogens is 589 g/mol. The van der Waals surface area contributed by atoms with Crippen LogP contribution in [0.5, 0.6) is 5.75 Å². The fraction of sp³-hybridized carbons (Fsp3) is 0.452. The molecule has 12 heteroatoms. The van der Waals surface area contributed by atoms with Crippen LogP contribution >= 0.6 is 23.2 Å². The number of methoxy groups -OCH3 is 1. The highest BCUT2D eigenvalue weighted by molar-refractivity contribution is 6.33. The molecule has 0 spiro atoms. The number of carbonyl (C=O) groups excluding carboxylic acids is 1. The Morgan fingerprint density at radius 3 is 2.49 bits per heavy atom. The number of aromatic nitrogens is 2. The van der Waals surface area contributed by atoms with E-state index >= 15 is 0 Å². The van der Waals surface area contributed by atoms with Crippen LogP contribution in [-0.4, -0.2) is 68.3 Å². The van der Waals surface area contributed by atoms with Crippen molar-refractivity contribution in [1.29, 1.82) is 0 Å². The van der Waals surface area contributed by atoms with Gasteiger partial charge in [0.15, 0.2) is 11.6 Å². The largest absolute Gasteiger partial charge is 0.494 e. The van der Waals surface area contributed by atoms with Gasteiger partial charge in [0.1, 0.15) is 11.4 Å². The number of nitrogens with one attached hydrogen (secondary N) is 2. The van der Waals surface area contributed by atoms with E-state index in [-0.39, 0.29) is 0 Å². The van der Waals surface area contributed by atoms with Gasteiger partial charge in [0.05, 0.1) is 18.5 Å². The third-order valence-electron chi connectivity index (χ3n) is 7.64. The van der Waals surface area contributed by atoms with Crippen LogP contribution in [-0.2, 0) is 11.3 Å². The maximum atomic E-state index is 13.1. The van der Waals surface area contributed by atoms with E-state index in [0.29, 0.717) is 58.8 Å². The van der Waals surface area contributed by atoms with Crippen molar-refractivity contribution in [2.45, 2.75) is 51.8 Å². The van der Waals surface area contributed by atoms with Crippen molar-refractivity contribution in [2.75, 3.05) is 60.4 Å². The lowest BCUT2D eigenvalue weighted by atomic mass is 10.0. The molecule has 1 amide bonds. The summed E-state index contributed by atoms with van der Waals surface area (Å²) in [5, 5.41) is 16.9. The fourth-order valence-electron chi connectivity index (χ4n) is 5.38. The smallest absolute Gasteiger partial charge is 0.416 e. The van der Waals surface area contributed by atoms with E-state index in [4.69, 9.17) is 32.7 Å². The molecule has 230 valence electrons. The van der Waals surface area contributed by atoms with E-state index in [9.17, 15) is 4.79 Å². The molecule has 2 aliphatic rings. The molecule has 2 aromatic carbocycles. The van der Waals surface area contributed by atoms with Crippen LogP contribution in [0.2, 0.25) is 10.0 Å². The van der Waals surface area contributed by atoms with Gasteiger partial charge in [-0.2, -0.15) is 0 Å². The molecule has 5 rings (SSSR count). The second-order valence-electron chi connectivity index (χ2n) is 11.8. The fourth-order valence-corrected chi connectivity index (χ4v) is 5.75. The quantitative estimate of drug-likeness (QED) is 0.305. The van der Waals surface area contributed by atoms with Gasteiger partial charge in [0.2, 0.25) is 0 Å². The molecule has 0 atom stereocenters. The predicted octanol–water partition coefficient (Wildman–Crippen LogP) is 6.49. The second kappa shape index (κ2) is 13.0. The number of nitrogens with zero attached hydrogens (tertiary/aromatic N) is 5. The molecule has 43 heavy (non-hydrogen) atoms. The zero-order valence-electron chi connectivity index (χ0n) is 25.3. The molecule has 0 radical (unpaired) electrons. The summed E-state index contributed by atoms with van der Waals surface area (Å²) in [6.07, 6.45) is 1.72. The molecule has 0 saturated carbocycles. The van der Waals surface area contributed by atoms with Gasteiger partial charge in [0, 0.05) is 66.6 Å². The van der Waals surface area contributed by atoms with Crippen molar-refractivity contribution in [3.05, 3.63) is 58.1 Å². The highest BCUT2D eigenvalue weighted by Crippen LogP contribution is 2.38. The van der Waals surface area contributed by atoms with Crippen LogP contribution in [0.4, 0.5) is 33.5 Å². The van der Waals surface area contributed by atoms with Crippen LogP contribution in [0.25, 0.3) is 0 Å². The minimum absolute atomic E-state index is 0.377. The summed E-state index contributed by atoms with van der Waals surface area (Å²) in [4.78, 5) is 19.2. The van der Waals surface area contributed by atoms with Crippen molar-refractivity contribution in [2.24, 2.45) is 0 Å². The van der Waals surface area contributed by atoms with Gasteiger partial charge in [-0.15, -0.1) is 10.2 Å². The summed E-state index contributed by atoms with van der Waals surface area (Å²) in [7, 11) is 3.68. The number of fused-ring (bicyclic) bond motifs is 1. The molecule has 1 saturated heterocycles. The molecule has 0 bridgehead atoms. The average molecular weight is 629 g/mol. The molecule has 2 N–H and O–H groups in total. The standard InChI is InChI=1S/C31H39Cl2N7O3/c1-31(2,3)43-30(41)40-15-14-39(19-20-16-21(32)6-8-24(20)33)26-18-28(36-37-29(26)40)35-25-9-7-23(17-27(25)42-5)38-12-10-22(34-4)11-13-38/h6-9,16-18,22,34H,10-15,19H2,1-5H3,(H,35,36). The summed E-state index contributed by atoms with van der Waals surface area (Å²) < 4.78 is 11.4. The molecule has 1 fully saturated rings. The summed E-state index contributed by atoms with van der Waals surface area (Å²) >= 11 is 12.8. The van der Waals surface area contributed by atoms with Crippen molar-refractivity contribution >= 4 is 58.0 Å². The third-order valence-corrected chi connectivity index (χ3v) is 8.25. The summed E-state index contributed by atoms with van der Waals surface area (Å²) in [5.74, 6) is 1.62. The number of ether oxygens (including phenoxy) is 2. The van der Waals surface area contributed by atoms with Gasteiger partial charge in [0.25, 0.3) is 0 Å². The van der Waals surface area contributed by atoms with E-state index in [1.165, 1.54) is 4.90 Å². The van der Waals surface area contributed by atoms with E-state index in [1.807, 2.05) is 52.1 Å². The Morgan fingerprint density at radius 2 is 1.79 bits per heavy atom. The lowest BCUT2D eigenvalue weighted by Crippen LogP contribution is -2.46. The van der Waals surface area contributed by atoms with Crippen LogP contribution < -0.4 is 30.1 Å². The first-order chi connectivity index (χ1) is 20.5. The second-order valence-corrected chi connectivity index (χ2v) is 12.6. The SMILES string of the molecule is CNC1CCN(c2ccc(Nc3cc4c(nn3)N(C(=O)OC(C)(C)C)CCN4Cc3cc(Cl)ccc3Cl)c(OC)c2)CC1.